The quantitative estimate of drug-likeness (QED) is 0.129. The summed E-state index contributed by atoms with van der Waals surface area (Å²) >= 11 is 0. The molecule has 3 aromatic carbocycles. The molecule has 1 amide bonds. The molecule has 2 atom stereocenters. The van der Waals surface area contributed by atoms with E-state index in [2.05, 4.69) is 37.5 Å². The maximum Gasteiger partial charge on any atom is 0.305 e. The molecule has 0 aliphatic heterocycles. The van der Waals surface area contributed by atoms with Crippen LogP contribution in [-0.4, -0.2) is 23.5 Å². The Bertz CT molecular complexity index is 1430. The molecule has 0 spiro atoms. The van der Waals surface area contributed by atoms with Gasteiger partial charge in [0.1, 0.15) is 23.7 Å². The molecule has 0 radical (unpaired) electrons. The van der Waals surface area contributed by atoms with Gasteiger partial charge in [0.15, 0.2) is 0 Å². The van der Waals surface area contributed by atoms with Crippen molar-refractivity contribution in [3.63, 3.8) is 0 Å². The predicted molar refractivity (Wildman–Crippen MR) is 162 cm³/mol. The first-order valence-corrected chi connectivity index (χ1v) is 14.4. The number of unbranched alkanes of at least 4 members (excludes halogenated alkanes) is 2. The number of ether oxygens (including phenoxy) is 1. The Balaban J connectivity index is 1.54. The van der Waals surface area contributed by atoms with Crippen LogP contribution in [0.15, 0.2) is 77.2 Å². The molecule has 7 heteroatoms. The topological polar surface area (TPSA) is 101 Å². The Morgan fingerprint density at radius 1 is 1.00 bits per heavy atom. The molecule has 0 saturated carbocycles. The minimum Gasteiger partial charge on any atom is -0.489 e. The van der Waals surface area contributed by atoms with E-state index in [0.717, 1.165) is 58.6 Å². The van der Waals surface area contributed by atoms with Crippen LogP contribution in [0.25, 0.3) is 11.0 Å². The fourth-order valence-corrected chi connectivity index (χ4v) is 4.98. The van der Waals surface area contributed by atoms with E-state index in [0.29, 0.717) is 18.1 Å². The van der Waals surface area contributed by atoms with Gasteiger partial charge in [-0.2, -0.15) is 0 Å². The van der Waals surface area contributed by atoms with Crippen LogP contribution >= 0.6 is 0 Å². The summed E-state index contributed by atoms with van der Waals surface area (Å²) < 4.78 is 12.6. The highest BCUT2D eigenvalue weighted by Gasteiger charge is 2.26. The molecule has 0 bridgehead atoms. The van der Waals surface area contributed by atoms with E-state index < -0.39 is 5.97 Å². The number of carbonyl (C=O) groups excluding carboxylic acids is 1. The van der Waals surface area contributed by atoms with Gasteiger partial charge in [0, 0.05) is 28.7 Å². The number of rotatable bonds is 15. The fourth-order valence-electron chi connectivity index (χ4n) is 4.98. The molecule has 0 aliphatic carbocycles. The van der Waals surface area contributed by atoms with E-state index in [-0.39, 0.29) is 24.9 Å². The second kappa shape index (κ2) is 14.4. The number of hydrogen-bond donors (Lipinski definition) is 3. The van der Waals surface area contributed by atoms with Crippen LogP contribution in [0.3, 0.4) is 0 Å². The van der Waals surface area contributed by atoms with Gasteiger partial charge in [0.05, 0.1) is 12.5 Å². The van der Waals surface area contributed by atoms with Crippen LogP contribution in [0.4, 0.5) is 5.69 Å². The molecular formula is C34H40N2O5. The van der Waals surface area contributed by atoms with Gasteiger partial charge in [0.2, 0.25) is 0 Å². The van der Waals surface area contributed by atoms with E-state index in [1.54, 1.807) is 12.1 Å². The van der Waals surface area contributed by atoms with Crippen molar-refractivity contribution in [3.8, 4) is 5.75 Å². The number of aliphatic carboxylic acids is 1. The van der Waals surface area contributed by atoms with Crippen LogP contribution in [0.1, 0.15) is 79.2 Å². The fraction of sp³-hybridized carbons (Fsp3) is 0.353. The van der Waals surface area contributed by atoms with Gasteiger partial charge in [-0.05, 0) is 67.3 Å². The minimum atomic E-state index is -0.944. The molecule has 7 nitrogen and oxygen atoms in total. The summed E-state index contributed by atoms with van der Waals surface area (Å²) in [5.41, 5.74) is 4.39. The van der Waals surface area contributed by atoms with E-state index in [4.69, 9.17) is 14.3 Å². The number of anilines is 1. The number of fused-ring (bicyclic) bond motifs is 1. The van der Waals surface area contributed by atoms with Gasteiger partial charge in [-0.3, -0.25) is 9.59 Å². The summed E-state index contributed by atoms with van der Waals surface area (Å²) in [4.78, 5) is 23.1. The molecule has 0 saturated heterocycles. The van der Waals surface area contributed by atoms with Crippen molar-refractivity contribution in [2.24, 2.45) is 5.92 Å². The number of carboxylic acid groups (broad SMARTS) is 1. The van der Waals surface area contributed by atoms with Crippen molar-refractivity contribution in [2.45, 2.75) is 65.5 Å². The highest BCUT2D eigenvalue weighted by molar-refractivity contribution is 5.94. The number of benzene rings is 3. The van der Waals surface area contributed by atoms with Gasteiger partial charge in [-0.15, -0.1) is 0 Å². The number of aryl methyl sites for hydroxylation is 1. The van der Waals surface area contributed by atoms with Gasteiger partial charge < -0.3 is 24.9 Å². The van der Waals surface area contributed by atoms with Crippen LogP contribution in [0.5, 0.6) is 5.75 Å². The summed E-state index contributed by atoms with van der Waals surface area (Å²) in [5.74, 6) is 0.768. The highest BCUT2D eigenvalue weighted by Crippen LogP contribution is 2.38. The normalized spacial score (nSPS) is 12.6. The summed E-state index contributed by atoms with van der Waals surface area (Å²) in [6.07, 6.45) is 4.43. The van der Waals surface area contributed by atoms with Crippen LogP contribution < -0.4 is 15.4 Å². The molecule has 3 N–H and O–H groups in total. The minimum absolute atomic E-state index is 0.0665. The van der Waals surface area contributed by atoms with Crippen molar-refractivity contribution in [1.82, 2.24) is 5.32 Å². The van der Waals surface area contributed by atoms with Crippen LogP contribution in [0, 0.1) is 12.8 Å². The Hall–Kier alpha value is -4.26. The lowest BCUT2D eigenvalue weighted by atomic mass is 9.91. The van der Waals surface area contributed by atoms with E-state index >= 15 is 0 Å². The SMILES string of the molecule is CCCCCC(C)C(Nc1ccc(C(=O)NCCC(=O)O)cc1)c1oc2ccc(OCc3ccccc3)cc2c1C. The molecule has 1 heterocycles. The number of amides is 1. The van der Waals surface area contributed by atoms with E-state index in [9.17, 15) is 9.59 Å². The highest BCUT2D eigenvalue weighted by atomic mass is 16.5. The lowest BCUT2D eigenvalue weighted by molar-refractivity contribution is -0.136. The lowest BCUT2D eigenvalue weighted by Gasteiger charge is -2.25. The van der Waals surface area contributed by atoms with Crippen molar-refractivity contribution < 1.29 is 23.8 Å². The monoisotopic (exact) mass is 556 g/mol. The van der Waals surface area contributed by atoms with E-state index in [1.807, 2.05) is 54.6 Å². The Morgan fingerprint density at radius 3 is 2.46 bits per heavy atom. The zero-order chi connectivity index (χ0) is 29.2. The first kappa shape index (κ1) is 29.7. The van der Waals surface area contributed by atoms with Crippen LogP contribution in [-0.2, 0) is 11.4 Å². The summed E-state index contributed by atoms with van der Waals surface area (Å²) in [6, 6.07) is 23.3. The number of carboxylic acids is 1. The smallest absolute Gasteiger partial charge is 0.305 e. The molecular weight excluding hydrogens is 516 g/mol. The number of hydrogen-bond acceptors (Lipinski definition) is 5. The lowest BCUT2D eigenvalue weighted by Crippen LogP contribution is -2.26. The second-order valence-electron chi connectivity index (χ2n) is 10.6. The van der Waals surface area contributed by atoms with Gasteiger partial charge in [0.25, 0.3) is 5.91 Å². The number of furan rings is 1. The average Bonchev–Trinajstić information content (AvgIpc) is 3.30. The van der Waals surface area contributed by atoms with Crippen molar-refractivity contribution in [2.75, 3.05) is 11.9 Å². The molecule has 2 unspecified atom stereocenters. The molecule has 0 aliphatic rings. The molecule has 4 aromatic rings. The Kier molecular flexibility index (Phi) is 10.4. The van der Waals surface area contributed by atoms with Crippen molar-refractivity contribution in [1.29, 1.82) is 0 Å². The predicted octanol–water partition coefficient (Wildman–Crippen LogP) is 7.89. The molecule has 0 fully saturated rings. The maximum absolute atomic E-state index is 12.4. The van der Waals surface area contributed by atoms with E-state index in [1.165, 1.54) is 6.42 Å². The molecule has 1 aromatic heterocycles. The standard InChI is InChI=1S/C34H40N2O5/c1-4-5-7-10-23(2)32(36-27-15-13-26(14-16-27)34(39)35-20-19-31(37)38)33-24(3)29-21-28(17-18-30(29)41-33)40-22-25-11-8-6-9-12-25/h6,8-9,11-18,21,23,32,36H,4-5,7,10,19-20,22H2,1-3H3,(H,35,39)(H,37,38). The number of carbonyl (C=O) groups is 2. The maximum atomic E-state index is 12.4. The largest absolute Gasteiger partial charge is 0.489 e. The second-order valence-corrected chi connectivity index (χ2v) is 10.6. The Morgan fingerprint density at radius 2 is 1.76 bits per heavy atom. The Labute approximate surface area is 241 Å². The first-order valence-electron chi connectivity index (χ1n) is 14.4. The first-order chi connectivity index (χ1) is 19.9. The summed E-state index contributed by atoms with van der Waals surface area (Å²) in [6.45, 7) is 7.15. The zero-order valence-corrected chi connectivity index (χ0v) is 24.1. The third-order valence-electron chi connectivity index (χ3n) is 7.40. The average molecular weight is 557 g/mol. The van der Waals surface area contributed by atoms with Gasteiger partial charge >= 0.3 is 5.97 Å². The third kappa shape index (κ3) is 8.13. The molecule has 4 rings (SSSR count). The van der Waals surface area contributed by atoms with Crippen molar-refractivity contribution >= 4 is 28.5 Å². The molecule has 216 valence electrons. The summed E-state index contributed by atoms with van der Waals surface area (Å²) in [5, 5.41) is 16.1. The zero-order valence-electron chi connectivity index (χ0n) is 24.1. The number of nitrogens with one attached hydrogen (secondary N) is 2. The summed E-state index contributed by atoms with van der Waals surface area (Å²) in [7, 11) is 0. The van der Waals surface area contributed by atoms with Gasteiger partial charge in [-0.1, -0.05) is 63.4 Å². The van der Waals surface area contributed by atoms with Crippen LogP contribution in [0.2, 0.25) is 0 Å². The van der Waals surface area contributed by atoms with Crippen molar-refractivity contribution in [3.05, 3.63) is 95.2 Å². The van der Waals surface area contributed by atoms with Gasteiger partial charge in [-0.25, -0.2) is 0 Å². The molecule has 41 heavy (non-hydrogen) atoms. The third-order valence-corrected chi connectivity index (χ3v) is 7.40.